The Labute approximate surface area is 310 Å². The van der Waals surface area contributed by atoms with Crippen LogP contribution in [0.25, 0.3) is 0 Å². The van der Waals surface area contributed by atoms with E-state index in [2.05, 4.69) is 0 Å². The fourth-order valence-electron chi connectivity index (χ4n) is 0. The Morgan fingerprint density at radius 3 is 0.294 bits per heavy atom. The number of carbonyl (C=O) groups is 5. The van der Waals surface area contributed by atoms with Gasteiger partial charge in [-0.15, -0.1) is 0 Å². The summed E-state index contributed by atoms with van der Waals surface area (Å²) < 4.78 is 0. The van der Waals surface area contributed by atoms with Crippen molar-refractivity contribution in [3.05, 3.63) is 0 Å². The van der Waals surface area contributed by atoms with Gasteiger partial charge in [0.1, 0.15) is 0 Å². The van der Waals surface area contributed by atoms with Crippen LogP contribution in [-0.2, 0) is 0 Å². The minimum atomic E-state index is -2.33. The van der Waals surface area contributed by atoms with Gasteiger partial charge in [0.15, 0.2) is 0 Å². The zero-order valence-electron chi connectivity index (χ0n) is 16.2. The maximum absolute atomic E-state index is 8.33. The van der Waals surface area contributed by atoms with Gasteiger partial charge in [-0.3, -0.25) is 0 Å². The van der Waals surface area contributed by atoms with Crippen LogP contribution in [0.1, 0.15) is 0 Å². The molecule has 0 aromatic rings. The fourth-order valence-corrected chi connectivity index (χ4v) is 0. The Bertz CT molecular complexity index is 233. The summed E-state index contributed by atoms with van der Waals surface area (Å²) in [4.78, 5) is 41.7. The van der Waals surface area contributed by atoms with Crippen molar-refractivity contribution in [1.29, 1.82) is 0 Å². The summed E-state index contributed by atoms with van der Waals surface area (Å²) in [5, 5.41) is 83.3. The van der Waals surface area contributed by atoms with Gasteiger partial charge in [0.25, 0.3) is 0 Å². The minimum absolute atomic E-state index is 0. The van der Waals surface area contributed by atoms with E-state index in [1.54, 1.807) is 0 Å². The molecule has 0 unspecified atom stereocenters. The normalized spacial score (nSPS) is 3.53. The molecule has 0 saturated carbocycles. The van der Waals surface area contributed by atoms with Crippen LogP contribution in [0, 0.1) is 0 Å². The molecule has 184 valence electrons. The van der Waals surface area contributed by atoms with Crippen molar-refractivity contribution in [2.24, 2.45) is 0 Å². The Kier molecular flexibility index (Phi) is 653. The van der Waals surface area contributed by atoms with Gasteiger partial charge in [-0.05, 0) is 30.8 Å². The first-order valence-corrected chi connectivity index (χ1v) is 3.06. The molecule has 0 saturated heterocycles. The summed E-state index contributed by atoms with van der Waals surface area (Å²) >= 11 is 0. The van der Waals surface area contributed by atoms with Gasteiger partial charge in [-0.1, -0.05) is 0 Å². The SMILES string of the molecule is O.O.O.O=C([O-])[O-].O=C([O-])[O-].O=C([O-])[O-].O=C([O-])[O-].O=C([O-])[O-].[Al+3].[Al+3].[Al+3].[Ca+2].[Ca+2].[Ca+2].[OH-].[OH-].[OH-].[OH-].[OH-]. The van der Waals surface area contributed by atoms with E-state index in [1.807, 2.05) is 0 Å². The molecule has 0 amide bonds. The van der Waals surface area contributed by atoms with Crippen molar-refractivity contribution in [2.45, 2.75) is 0 Å². The van der Waals surface area contributed by atoms with Crippen molar-refractivity contribution in [3.63, 3.8) is 0 Å². The summed E-state index contributed by atoms with van der Waals surface area (Å²) in [5.41, 5.74) is 0. The fraction of sp³-hybridized carbons (Fsp3) is 0. The minimum Gasteiger partial charge on any atom is -0.870 e. The molecule has 0 radical (unpaired) electrons. The number of hydrogen-bond donors (Lipinski definition) is 0. The van der Waals surface area contributed by atoms with Crippen LogP contribution in [0.4, 0.5) is 24.0 Å². The maximum atomic E-state index is 8.33. The molecule has 0 spiro atoms. The maximum Gasteiger partial charge on any atom is 3.00 e. The standard InChI is InChI=1S/5CH2O3.3Al.3Ca.8H2O/c5*2-1(3)4;;;;;;;;;;;;;;/h5*(H2,2,3,4);;;;;;;8*1H2/q;;;;;3*+3;3*+2;;;;;;;;/p-15. The van der Waals surface area contributed by atoms with Crippen LogP contribution >= 0.6 is 0 Å². The van der Waals surface area contributed by atoms with Gasteiger partial charge in [-0.2, -0.15) is 0 Å². The van der Waals surface area contributed by atoms with Crippen molar-refractivity contribution < 1.29 is 119 Å². The molecule has 0 bridgehead atoms. The second kappa shape index (κ2) is 143. The Hall–Kier alpha value is 1.41. The van der Waals surface area contributed by atoms with Crippen molar-refractivity contribution in [1.82, 2.24) is 0 Å². The Morgan fingerprint density at radius 2 is 0.294 bits per heavy atom. The molecule has 29 heteroatoms. The van der Waals surface area contributed by atoms with E-state index in [9.17, 15) is 0 Å². The number of hydrogen-bond acceptors (Lipinski definition) is 20. The molecular weight excluding hydrogens is 629 g/mol. The molecular formula is C5H11Al3Ca3O23. The summed E-state index contributed by atoms with van der Waals surface area (Å²) in [6.07, 6.45) is -11.7. The van der Waals surface area contributed by atoms with Gasteiger partial charge in [0.2, 0.25) is 0 Å². The zero-order chi connectivity index (χ0) is 17.9. The van der Waals surface area contributed by atoms with E-state index in [4.69, 9.17) is 75.0 Å². The van der Waals surface area contributed by atoms with Crippen LogP contribution in [0.3, 0.4) is 0 Å². The smallest absolute Gasteiger partial charge is 0.870 e. The van der Waals surface area contributed by atoms with Gasteiger partial charge in [0, 0.05) is 0 Å². The monoisotopic (exact) mass is 640 g/mol. The first kappa shape index (κ1) is 156. The second-order valence-electron chi connectivity index (χ2n) is 1.25. The van der Waals surface area contributed by atoms with Gasteiger partial charge in [0.05, 0.1) is 0 Å². The molecule has 0 rings (SSSR count). The van der Waals surface area contributed by atoms with Crippen LogP contribution in [0.15, 0.2) is 0 Å². The average Bonchev–Trinajstić information content (AvgIpc) is 1.94. The Morgan fingerprint density at radius 1 is 0.294 bits per heavy atom. The molecule has 0 aliphatic rings. The first-order chi connectivity index (χ1) is 8.66. The summed E-state index contributed by atoms with van der Waals surface area (Å²) in [6, 6.07) is 0. The van der Waals surface area contributed by atoms with Crippen molar-refractivity contribution >= 4 is 196 Å². The quantitative estimate of drug-likeness (QED) is 0.222. The van der Waals surface area contributed by atoms with Gasteiger partial charge < -0.3 is 119 Å². The zero-order valence-corrected chi connectivity index (χ0v) is 26.3. The van der Waals surface area contributed by atoms with E-state index in [0.29, 0.717) is 0 Å². The summed E-state index contributed by atoms with van der Waals surface area (Å²) in [5.74, 6) is 0. The molecule has 0 aliphatic carbocycles. The van der Waals surface area contributed by atoms with E-state index in [-0.39, 0.29) is 209 Å². The Balaban J connectivity index is -0.00000000441. The second-order valence-corrected chi connectivity index (χ2v) is 1.25. The molecule has 0 aliphatic heterocycles. The van der Waals surface area contributed by atoms with Crippen molar-refractivity contribution in [3.8, 4) is 0 Å². The third-order valence-electron chi connectivity index (χ3n) is 0. The van der Waals surface area contributed by atoms with E-state index in [0.717, 1.165) is 0 Å². The molecule has 0 aromatic carbocycles. The van der Waals surface area contributed by atoms with E-state index >= 15 is 0 Å². The molecule has 0 heterocycles. The molecule has 0 aromatic heterocycles. The number of carboxylic acid groups (broad SMARTS) is 10. The first-order valence-electron chi connectivity index (χ1n) is 3.06. The van der Waals surface area contributed by atoms with Crippen LogP contribution in [-0.4, -0.2) is 240 Å². The predicted molar refractivity (Wildman–Crippen MR) is 82.0 cm³/mol. The van der Waals surface area contributed by atoms with E-state index in [1.165, 1.54) is 0 Å². The summed E-state index contributed by atoms with van der Waals surface area (Å²) in [6.45, 7) is 0. The molecule has 34 heavy (non-hydrogen) atoms. The van der Waals surface area contributed by atoms with Gasteiger partial charge in [-0.25, -0.2) is 0 Å². The largest absolute Gasteiger partial charge is 3.00 e. The number of carbonyl (C=O) groups excluding carboxylic acids is 5. The van der Waals surface area contributed by atoms with Gasteiger partial charge >= 0.3 is 165 Å². The molecule has 0 fully saturated rings. The van der Waals surface area contributed by atoms with Crippen molar-refractivity contribution in [2.75, 3.05) is 0 Å². The topological polar surface area (TPSA) is 560 Å². The van der Waals surface area contributed by atoms with Crippen LogP contribution in [0.2, 0.25) is 0 Å². The molecule has 23 nitrogen and oxygen atoms in total. The summed E-state index contributed by atoms with van der Waals surface area (Å²) in [7, 11) is 0. The van der Waals surface area contributed by atoms with E-state index < -0.39 is 30.8 Å². The van der Waals surface area contributed by atoms with Crippen LogP contribution in [0.5, 0.6) is 0 Å². The number of rotatable bonds is 0. The predicted octanol–water partition coefficient (Wildman–Crippen LogP) is -17.9. The third kappa shape index (κ3) is 17700. The average molecular weight is 640 g/mol. The molecule has 11 N–H and O–H groups in total. The molecule has 0 atom stereocenters. The van der Waals surface area contributed by atoms with Crippen LogP contribution < -0.4 is 51.1 Å². The third-order valence-corrected chi connectivity index (χ3v) is 0.